The van der Waals surface area contributed by atoms with Crippen molar-refractivity contribution in [1.82, 2.24) is 15.0 Å². The topological polar surface area (TPSA) is 72.4 Å². The molecule has 6 nitrogen and oxygen atoms in total. The molecular formula is C11H11N3O3. The van der Waals surface area contributed by atoms with Gasteiger partial charge in [0, 0.05) is 19.0 Å². The summed E-state index contributed by atoms with van der Waals surface area (Å²) in [6.45, 7) is 1.34. The van der Waals surface area contributed by atoms with Crippen LogP contribution in [0.15, 0.2) is 33.9 Å². The lowest BCUT2D eigenvalue weighted by Crippen LogP contribution is -2.28. The summed E-state index contributed by atoms with van der Waals surface area (Å²) in [5.74, 6) is 0.835. The van der Waals surface area contributed by atoms with Crippen molar-refractivity contribution in [1.29, 1.82) is 0 Å². The fraction of sp³-hybridized carbons (Fsp3) is 0.364. The molecule has 0 N–H and O–H groups in total. The molecule has 1 fully saturated rings. The minimum absolute atomic E-state index is 0.00950. The van der Waals surface area contributed by atoms with Gasteiger partial charge in [-0.3, -0.25) is 4.79 Å². The van der Waals surface area contributed by atoms with E-state index in [1.54, 1.807) is 11.0 Å². The maximum Gasteiger partial charge on any atom is 0.257 e. The molecule has 0 aromatic carbocycles. The average Bonchev–Trinajstić information content (AvgIpc) is 3.09. The summed E-state index contributed by atoms with van der Waals surface area (Å²) in [6, 6.07) is 1.67. The number of amides is 1. The molecule has 1 atom stereocenters. The van der Waals surface area contributed by atoms with Crippen molar-refractivity contribution >= 4 is 5.91 Å². The predicted octanol–water partition coefficient (Wildman–Crippen LogP) is 1.29. The molecule has 1 aliphatic heterocycles. The monoisotopic (exact) mass is 233 g/mol. The molecule has 3 rings (SSSR count). The maximum atomic E-state index is 12.0. The summed E-state index contributed by atoms with van der Waals surface area (Å²) in [5.41, 5.74) is 0.582. The number of hydrogen-bond acceptors (Lipinski definition) is 5. The van der Waals surface area contributed by atoms with Crippen LogP contribution in [0.25, 0.3) is 0 Å². The van der Waals surface area contributed by atoms with E-state index < -0.39 is 0 Å². The zero-order valence-electron chi connectivity index (χ0n) is 9.07. The van der Waals surface area contributed by atoms with Crippen LogP contribution in [-0.4, -0.2) is 34.0 Å². The first-order valence-electron chi connectivity index (χ1n) is 5.42. The summed E-state index contributed by atoms with van der Waals surface area (Å²) < 4.78 is 9.62. The Hall–Kier alpha value is -2.11. The lowest BCUT2D eigenvalue weighted by molar-refractivity contribution is 0.0789. The summed E-state index contributed by atoms with van der Waals surface area (Å²) in [5, 5.41) is 3.81. The predicted molar refractivity (Wildman–Crippen MR) is 56.3 cm³/mol. The third-order valence-corrected chi connectivity index (χ3v) is 2.99. The van der Waals surface area contributed by atoms with E-state index in [9.17, 15) is 4.79 Å². The first-order valence-corrected chi connectivity index (χ1v) is 5.42. The highest BCUT2D eigenvalue weighted by Crippen LogP contribution is 2.25. The summed E-state index contributed by atoms with van der Waals surface area (Å²) in [7, 11) is 0. The van der Waals surface area contributed by atoms with E-state index in [0.29, 0.717) is 24.5 Å². The Labute approximate surface area is 97.2 Å². The Morgan fingerprint density at radius 1 is 1.53 bits per heavy atom. The van der Waals surface area contributed by atoms with Gasteiger partial charge in [0.05, 0.1) is 11.8 Å². The number of furan rings is 1. The molecule has 0 spiro atoms. The lowest BCUT2D eigenvalue weighted by atomic mass is 10.1. The van der Waals surface area contributed by atoms with Gasteiger partial charge in [0.1, 0.15) is 6.26 Å². The van der Waals surface area contributed by atoms with Crippen molar-refractivity contribution in [3.05, 3.63) is 36.4 Å². The summed E-state index contributed by atoms with van der Waals surface area (Å²) in [6.07, 6.45) is 5.14. The molecule has 3 heterocycles. The van der Waals surface area contributed by atoms with Crippen LogP contribution in [0.1, 0.15) is 28.5 Å². The van der Waals surface area contributed by atoms with Crippen molar-refractivity contribution in [2.75, 3.05) is 13.1 Å². The highest BCUT2D eigenvalue weighted by molar-refractivity contribution is 5.94. The molecule has 1 unspecified atom stereocenters. The number of carbonyl (C=O) groups excluding carboxylic acids is 1. The largest absolute Gasteiger partial charge is 0.472 e. The zero-order chi connectivity index (χ0) is 11.7. The van der Waals surface area contributed by atoms with E-state index in [-0.39, 0.29) is 11.8 Å². The molecule has 0 aliphatic carbocycles. The number of likely N-dealkylation sites (tertiary alicyclic amines) is 1. The second kappa shape index (κ2) is 4.04. The molecule has 0 radical (unpaired) electrons. The fourth-order valence-corrected chi connectivity index (χ4v) is 2.08. The van der Waals surface area contributed by atoms with Crippen molar-refractivity contribution in [3.63, 3.8) is 0 Å². The molecule has 1 amide bonds. The highest BCUT2D eigenvalue weighted by Gasteiger charge is 2.30. The molecular weight excluding hydrogens is 222 g/mol. The average molecular weight is 233 g/mol. The minimum atomic E-state index is -0.00950. The second-order valence-corrected chi connectivity index (χ2v) is 4.04. The Bertz CT molecular complexity index is 492. The minimum Gasteiger partial charge on any atom is -0.472 e. The number of aromatic nitrogens is 2. The maximum absolute atomic E-state index is 12.0. The van der Waals surface area contributed by atoms with Gasteiger partial charge in [-0.25, -0.2) is 0 Å². The van der Waals surface area contributed by atoms with E-state index in [4.69, 9.17) is 8.94 Å². The first-order chi connectivity index (χ1) is 8.34. The van der Waals surface area contributed by atoms with Crippen LogP contribution in [0.3, 0.4) is 0 Å². The van der Waals surface area contributed by atoms with Gasteiger partial charge in [-0.1, -0.05) is 5.16 Å². The highest BCUT2D eigenvalue weighted by atomic mass is 16.5. The van der Waals surface area contributed by atoms with E-state index in [1.165, 1.54) is 18.9 Å². The molecule has 1 aliphatic rings. The lowest BCUT2D eigenvalue weighted by Gasteiger charge is -2.14. The van der Waals surface area contributed by atoms with Crippen molar-refractivity contribution < 1.29 is 13.7 Å². The Balaban J connectivity index is 1.70. The molecule has 0 saturated carbocycles. The van der Waals surface area contributed by atoms with E-state index >= 15 is 0 Å². The van der Waals surface area contributed by atoms with Crippen molar-refractivity contribution in [3.8, 4) is 0 Å². The van der Waals surface area contributed by atoms with Gasteiger partial charge >= 0.3 is 0 Å². The van der Waals surface area contributed by atoms with Crippen LogP contribution < -0.4 is 0 Å². The number of nitrogens with zero attached hydrogens (tertiary/aromatic N) is 3. The van der Waals surface area contributed by atoms with E-state index in [0.717, 1.165) is 6.42 Å². The normalized spacial score (nSPS) is 19.8. The van der Waals surface area contributed by atoms with E-state index in [2.05, 4.69) is 10.1 Å². The SMILES string of the molecule is O=C(c1ccoc1)N1CCC(c2ncon2)C1. The van der Waals surface area contributed by atoms with Crippen LogP contribution >= 0.6 is 0 Å². The number of carbonyl (C=O) groups is 1. The molecule has 2 aromatic heterocycles. The fourth-order valence-electron chi connectivity index (χ4n) is 2.08. The van der Waals surface area contributed by atoms with Gasteiger partial charge in [-0.05, 0) is 12.5 Å². The van der Waals surface area contributed by atoms with Crippen LogP contribution in [0.5, 0.6) is 0 Å². The van der Waals surface area contributed by atoms with Gasteiger partial charge in [-0.2, -0.15) is 4.98 Å². The van der Waals surface area contributed by atoms with Crippen LogP contribution in [0.2, 0.25) is 0 Å². The molecule has 6 heteroatoms. The number of hydrogen-bond donors (Lipinski definition) is 0. The smallest absolute Gasteiger partial charge is 0.257 e. The number of rotatable bonds is 2. The van der Waals surface area contributed by atoms with Gasteiger partial charge < -0.3 is 13.8 Å². The van der Waals surface area contributed by atoms with Crippen LogP contribution in [0.4, 0.5) is 0 Å². The second-order valence-electron chi connectivity index (χ2n) is 4.04. The van der Waals surface area contributed by atoms with E-state index in [1.807, 2.05) is 0 Å². The van der Waals surface area contributed by atoms with Crippen molar-refractivity contribution in [2.45, 2.75) is 12.3 Å². The summed E-state index contributed by atoms with van der Waals surface area (Å²) >= 11 is 0. The van der Waals surface area contributed by atoms with Gasteiger partial charge in [0.15, 0.2) is 5.82 Å². The van der Waals surface area contributed by atoms with Gasteiger partial charge in [-0.15, -0.1) is 0 Å². The Kier molecular flexibility index (Phi) is 2.40. The Morgan fingerprint density at radius 2 is 2.47 bits per heavy atom. The third-order valence-electron chi connectivity index (χ3n) is 2.99. The van der Waals surface area contributed by atoms with Crippen molar-refractivity contribution in [2.24, 2.45) is 0 Å². The molecule has 88 valence electrons. The van der Waals surface area contributed by atoms with Crippen LogP contribution in [0, 0.1) is 0 Å². The summed E-state index contributed by atoms with van der Waals surface area (Å²) in [4.78, 5) is 17.8. The molecule has 1 saturated heterocycles. The third kappa shape index (κ3) is 1.82. The molecule has 17 heavy (non-hydrogen) atoms. The van der Waals surface area contributed by atoms with Gasteiger partial charge in [0.25, 0.3) is 5.91 Å². The first kappa shape index (κ1) is 10.1. The quantitative estimate of drug-likeness (QED) is 0.781. The molecule has 0 bridgehead atoms. The Morgan fingerprint density at radius 3 is 3.18 bits per heavy atom. The van der Waals surface area contributed by atoms with Crippen LogP contribution in [-0.2, 0) is 0 Å². The standard InChI is InChI=1S/C11H11N3O3/c15-11(9-2-4-16-6-9)14-3-1-8(5-14)10-12-7-17-13-10/h2,4,6-8H,1,3,5H2. The van der Waals surface area contributed by atoms with Gasteiger partial charge in [0.2, 0.25) is 6.39 Å². The molecule has 2 aromatic rings. The zero-order valence-corrected chi connectivity index (χ0v) is 9.07.